The number of aliphatic hydroxyl groups excluding tert-OH is 2. The Morgan fingerprint density at radius 3 is 2.35 bits per heavy atom. The molecule has 1 aliphatic heterocycles. The monoisotopic (exact) mass is 296 g/mol. The molecule has 4 nitrogen and oxygen atoms in total. The molecule has 0 saturated carbocycles. The number of aliphatic hydroxyl groups is 2. The second-order valence-corrected chi connectivity index (χ2v) is 6.04. The molecule has 2 rings (SSSR count). The van der Waals surface area contributed by atoms with Gasteiger partial charge in [-0.25, -0.2) is 0 Å². The van der Waals surface area contributed by atoms with Crippen LogP contribution in [0.1, 0.15) is 13.8 Å². The van der Waals surface area contributed by atoms with Gasteiger partial charge in [-0.1, -0.05) is 43.8 Å². The quantitative estimate of drug-likeness (QED) is 0.662. The maximum absolute atomic E-state index is 10.2. The summed E-state index contributed by atoms with van der Waals surface area (Å²) < 4.78 is 13.4. The van der Waals surface area contributed by atoms with Crippen LogP contribution in [0.3, 0.4) is 0 Å². The topological polar surface area (TPSA) is 69.6 Å². The molecule has 5 unspecified atom stereocenters. The zero-order valence-electron chi connectivity index (χ0n) is 11.6. The molecule has 0 aromatic heterocycles. The van der Waals surface area contributed by atoms with E-state index in [0.29, 0.717) is 0 Å². The van der Waals surface area contributed by atoms with Crippen LogP contribution in [0, 0.1) is 18.5 Å². The second kappa shape index (κ2) is 8.47. The third kappa shape index (κ3) is 4.09. The van der Waals surface area contributed by atoms with Crippen LogP contribution in [0.15, 0.2) is 35.2 Å². The van der Waals surface area contributed by atoms with Crippen molar-refractivity contribution in [3.05, 3.63) is 37.0 Å². The van der Waals surface area contributed by atoms with E-state index in [4.69, 9.17) is 9.39 Å². The van der Waals surface area contributed by atoms with Crippen molar-refractivity contribution in [1.29, 1.82) is 0 Å². The molecule has 1 fully saturated rings. The first-order chi connectivity index (χ1) is 9.63. The number of benzene rings is 1. The van der Waals surface area contributed by atoms with Gasteiger partial charge in [-0.15, -0.1) is 0 Å². The molecule has 5 atom stereocenters. The van der Waals surface area contributed by atoms with E-state index in [9.17, 15) is 10.2 Å². The van der Waals surface area contributed by atoms with E-state index < -0.39 is 6.10 Å². The van der Waals surface area contributed by atoms with Gasteiger partial charge in [-0.3, -0.25) is 0 Å². The average Bonchev–Trinajstić information content (AvgIpc) is 2.51. The summed E-state index contributed by atoms with van der Waals surface area (Å²) in [4.78, 5) is 1.12. The minimum absolute atomic E-state index is 0.0300. The predicted molar refractivity (Wildman–Crippen MR) is 76.3 cm³/mol. The van der Waals surface area contributed by atoms with Crippen LogP contribution >= 0.6 is 11.8 Å². The van der Waals surface area contributed by atoms with Gasteiger partial charge in [0, 0.05) is 16.7 Å². The zero-order valence-corrected chi connectivity index (χ0v) is 12.4. The standard InChI is InChI=1S/C14H20O3S.CO/c1-9-12(8-15)17-14(10(2)13(9)16)18-11-6-4-3-5-7-11;1-2/h3-7,9-10,12-16H,8H2,1-2H3;. The Hall–Kier alpha value is -0.810. The molecule has 5 heteroatoms. The van der Waals surface area contributed by atoms with Crippen LogP contribution in [0.5, 0.6) is 0 Å². The van der Waals surface area contributed by atoms with E-state index in [2.05, 4.69) is 6.65 Å². The van der Waals surface area contributed by atoms with Crippen molar-refractivity contribution in [2.24, 2.45) is 11.8 Å². The number of rotatable bonds is 3. The Bertz CT molecular complexity index is 407. The van der Waals surface area contributed by atoms with Gasteiger partial charge >= 0.3 is 11.3 Å². The van der Waals surface area contributed by atoms with Crippen molar-refractivity contribution in [2.75, 3.05) is 6.61 Å². The van der Waals surface area contributed by atoms with Gasteiger partial charge in [0.1, 0.15) is 5.44 Å². The molecule has 1 saturated heterocycles. The maximum atomic E-state index is 10.2. The fraction of sp³-hybridized carbons (Fsp3) is 0.533. The van der Waals surface area contributed by atoms with Crippen LogP contribution in [0.4, 0.5) is 0 Å². The van der Waals surface area contributed by atoms with Gasteiger partial charge in [0.2, 0.25) is 0 Å². The fourth-order valence-electron chi connectivity index (χ4n) is 2.26. The normalized spacial score (nSPS) is 33.0. The zero-order chi connectivity index (χ0) is 15.1. The number of thioether (sulfide) groups is 1. The van der Waals surface area contributed by atoms with Crippen LogP contribution in [-0.2, 0) is 9.39 Å². The molecule has 2 N–H and O–H groups in total. The summed E-state index contributed by atoms with van der Waals surface area (Å²) in [7, 11) is 0. The molecular formula is C15H20O4S. The second-order valence-electron chi connectivity index (χ2n) is 4.87. The molecule has 0 radical (unpaired) electrons. The first-order valence-electron chi connectivity index (χ1n) is 6.50. The van der Waals surface area contributed by atoms with Crippen molar-refractivity contribution in [3.63, 3.8) is 0 Å². The predicted octanol–water partition coefficient (Wildman–Crippen LogP) is 2.09. The summed E-state index contributed by atoms with van der Waals surface area (Å²) in [5.74, 6) is 0.0191. The third-order valence-corrected chi connectivity index (χ3v) is 4.89. The van der Waals surface area contributed by atoms with Crippen molar-refractivity contribution in [2.45, 2.75) is 36.4 Å². The summed E-state index contributed by atoms with van der Waals surface area (Å²) in [6, 6.07) is 10.00. The first-order valence-corrected chi connectivity index (χ1v) is 7.38. The molecule has 0 bridgehead atoms. The summed E-state index contributed by atoms with van der Waals surface area (Å²) in [6.45, 7) is 8.37. The molecule has 0 amide bonds. The Kier molecular flexibility index (Phi) is 7.30. The first kappa shape index (κ1) is 17.2. The van der Waals surface area contributed by atoms with E-state index in [-0.39, 0.29) is 30.0 Å². The van der Waals surface area contributed by atoms with Gasteiger partial charge < -0.3 is 14.9 Å². The molecule has 20 heavy (non-hydrogen) atoms. The molecule has 0 aliphatic carbocycles. The molecule has 1 aromatic carbocycles. The van der Waals surface area contributed by atoms with Gasteiger partial charge in [0.05, 0.1) is 18.8 Å². The number of hydrogen-bond donors (Lipinski definition) is 2. The Balaban J connectivity index is 0.000000956. The molecular weight excluding hydrogens is 276 g/mol. The van der Waals surface area contributed by atoms with E-state index in [0.717, 1.165) is 4.90 Å². The summed E-state index contributed by atoms with van der Waals surface area (Å²) >= 11 is 1.60. The van der Waals surface area contributed by atoms with E-state index in [1.54, 1.807) is 11.8 Å². The Labute approximate surface area is 123 Å². The van der Waals surface area contributed by atoms with Crippen molar-refractivity contribution in [3.8, 4) is 0 Å². The molecule has 1 aromatic rings. The van der Waals surface area contributed by atoms with Crippen molar-refractivity contribution in [1.82, 2.24) is 0 Å². The Morgan fingerprint density at radius 1 is 1.20 bits per heavy atom. The van der Waals surface area contributed by atoms with E-state index in [1.165, 1.54) is 0 Å². The van der Waals surface area contributed by atoms with E-state index in [1.807, 2.05) is 44.2 Å². The van der Waals surface area contributed by atoms with Gasteiger partial charge in [-0.2, -0.15) is 0 Å². The number of ether oxygens (including phenoxy) is 1. The Morgan fingerprint density at radius 2 is 1.80 bits per heavy atom. The van der Waals surface area contributed by atoms with Crippen molar-refractivity contribution >= 4 is 11.8 Å². The third-order valence-electron chi connectivity index (χ3n) is 3.58. The summed E-state index contributed by atoms with van der Waals surface area (Å²) in [6.07, 6.45) is -0.713. The van der Waals surface area contributed by atoms with Crippen LogP contribution in [0.2, 0.25) is 0 Å². The number of hydrogen-bond acceptors (Lipinski definition) is 4. The van der Waals surface area contributed by atoms with Crippen molar-refractivity contribution < 1.29 is 19.6 Å². The minimum atomic E-state index is -0.433. The SMILES string of the molecule is CC1C(CO)OC(Sc2ccccc2)C(C)C1O.[C-]#[O+]. The van der Waals surface area contributed by atoms with E-state index >= 15 is 0 Å². The van der Waals surface area contributed by atoms with Crippen LogP contribution in [0.25, 0.3) is 0 Å². The molecule has 0 spiro atoms. The fourth-order valence-corrected chi connectivity index (χ4v) is 3.41. The van der Waals surface area contributed by atoms with Crippen LogP contribution < -0.4 is 0 Å². The summed E-state index contributed by atoms with van der Waals surface area (Å²) in [5, 5.41) is 19.5. The van der Waals surface area contributed by atoms with Gasteiger partial charge in [-0.05, 0) is 12.1 Å². The molecule has 1 aliphatic rings. The van der Waals surface area contributed by atoms with Gasteiger partial charge in [0.15, 0.2) is 0 Å². The molecule has 1 heterocycles. The molecule has 110 valence electrons. The average molecular weight is 296 g/mol. The van der Waals surface area contributed by atoms with Crippen LogP contribution in [-0.4, -0.2) is 34.5 Å². The summed E-state index contributed by atoms with van der Waals surface area (Å²) in [5.41, 5.74) is -0.115. The van der Waals surface area contributed by atoms with Gasteiger partial charge in [0.25, 0.3) is 0 Å².